The maximum absolute atomic E-state index is 12.8. The van der Waals surface area contributed by atoms with Crippen molar-refractivity contribution in [1.82, 2.24) is 4.98 Å². The van der Waals surface area contributed by atoms with Crippen molar-refractivity contribution in [3.05, 3.63) is 31.1 Å². The van der Waals surface area contributed by atoms with Gasteiger partial charge in [0.15, 0.2) is 0 Å². The summed E-state index contributed by atoms with van der Waals surface area (Å²) in [6.07, 6.45) is -2.48. The first kappa shape index (κ1) is 14.7. The number of halogens is 3. The van der Waals surface area contributed by atoms with E-state index in [2.05, 4.69) is 9.72 Å². The number of hydrogen-bond acceptors (Lipinski definition) is 5. The molecule has 0 fully saturated rings. The van der Waals surface area contributed by atoms with Gasteiger partial charge in [-0.1, -0.05) is 0 Å². The molecule has 1 rings (SSSR count). The van der Waals surface area contributed by atoms with Crippen molar-refractivity contribution in [3.63, 3.8) is 0 Å². The predicted octanol–water partition coefficient (Wildman–Crippen LogP) is 2.25. The predicted molar refractivity (Wildman–Crippen MR) is 64.3 cm³/mol. The highest BCUT2D eigenvalue weighted by Crippen LogP contribution is 2.34. The molecule has 18 heavy (non-hydrogen) atoms. The first-order valence-corrected chi connectivity index (χ1v) is 5.63. The normalized spacial score (nSPS) is 10.5. The van der Waals surface area contributed by atoms with Crippen LogP contribution in [-0.4, -0.2) is 23.0 Å². The van der Waals surface area contributed by atoms with Gasteiger partial charge in [0.1, 0.15) is 9.26 Å². The summed E-state index contributed by atoms with van der Waals surface area (Å²) < 4.78 is 29.7. The summed E-state index contributed by atoms with van der Waals surface area (Å²) in [7, 11) is 1.10. The van der Waals surface area contributed by atoms with Crippen molar-refractivity contribution in [2.75, 3.05) is 7.11 Å². The zero-order valence-electron chi connectivity index (χ0n) is 9.02. The van der Waals surface area contributed by atoms with E-state index in [9.17, 15) is 23.7 Å². The molecule has 0 spiro atoms. The molecule has 9 heteroatoms. The van der Waals surface area contributed by atoms with Crippen molar-refractivity contribution >= 4 is 34.2 Å². The summed E-state index contributed by atoms with van der Waals surface area (Å²) >= 11 is 1.48. The van der Waals surface area contributed by atoms with Crippen molar-refractivity contribution in [1.29, 1.82) is 0 Å². The van der Waals surface area contributed by atoms with Gasteiger partial charge in [-0.2, -0.15) is 0 Å². The molecule has 0 saturated carbocycles. The molecule has 0 aliphatic rings. The van der Waals surface area contributed by atoms with Crippen molar-refractivity contribution < 1.29 is 23.2 Å². The van der Waals surface area contributed by atoms with Crippen LogP contribution in [0.2, 0.25) is 0 Å². The number of nitrogens with zero attached hydrogens (tertiary/aromatic N) is 2. The Bertz CT molecular complexity index is 496. The Kier molecular flexibility index (Phi) is 4.87. The van der Waals surface area contributed by atoms with Gasteiger partial charge in [0, 0.05) is 6.20 Å². The molecule has 1 heterocycles. The lowest BCUT2D eigenvalue weighted by Crippen LogP contribution is -2.10. The Hall–Kier alpha value is -1.39. The number of rotatable bonds is 4. The number of alkyl halides is 2. The number of aromatic nitrogens is 1. The molecule has 0 aliphatic carbocycles. The van der Waals surface area contributed by atoms with E-state index in [-0.39, 0.29) is 9.26 Å². The Labute approximate surface area is 114 Å². The molecule has 98 valence electrons. The second kappa shape index (κ2) is 5.98. The molecular formula is C9H7F2IN2O4. The summed E-state index contributed by atoms with van der Waals surface area (Å²) in [5.74, 6) is -0.763. The van der Waals surface area contributed by atoms with Crippen LogP contribution in [0.4, 0.5) is 14.5 Å². The highest BCUT2D eigenvalue weighted by Gasteiger charge is 2.30. The number of nitro groups is 1. The molecule has 0 aromatic carbocycles. The van der Waals surface area contributed by atoms with E-state index in [1.807, 2.05) is 0 Å². The second-order valence-corrected chi connectivity index (χ2v) is 4.17. The smallest absolute Gasteiger partial charge is 0.310 e. The van der Waals surface area contributed by atoms with Crippen LogP contribution < -0.4 is 0 Å². The van der Waals surface area contributed by atoms with E-state index in [0.717, 1.165) is 13.3 Å². The van der Waals surface area contributed by atoms with Gasteiger partial charge < -0.3 is 4.74 Å². The Morgan fingerprint density at radius 3 is 2.72 bits per heavy atom. The van der Waals surface area contributed by atoms with Gasteiger partial charge in [-0.25, -0.2) is 13.8 Å². The zero-order valence-corrected chi connectivity index (χ0v) is 11.2. The van der Waals surface area contributed by atoms with Gasteiger partial charge in [-0.05, 0) is 22.6 Å². The van der Waals surface area contributed by atoms with E-state index in [0.29, 0.717) is 0 Å². The molecular weight excluding hydrogens is 365 g/mol. The lowest BCUT2D eigenvalue weighted by atomic mass is 10.1. The van der Waals surface area contributed by atoms with E-state index in [1.54, 1.807) is 0 Å². The molecule has 0 aliphatic heterocycles. The number of pyridine rings is 1. The van der Waals surface area contributed by atoms with Crippen LogP contribution in [0.1, 0.15) is 17.6 Å². The number of hydrogen-bond donors (Lipinski definition) is 0. The van der Waals surface area contributed by atoms with E-state index in [1.165, 1.54) is 22.6 Å². The Morgan fingerprint density at radius 2 is 2.28 bits per heavy atom. The first-order valence-electron chi connectivity index (χ1n) is 4.55. The number of carbonyl (C=O) groups excluding carboxylic acids is 1. The van der Waals surface area contributed by atoms with Gasteiger partial charge in [-0.15, -0.1) is 0 Å². The maximum Gasteiger partial charge on any atom is 0.310 e. The van der Waals surface area contributed by atoms with Crippen LogP contribution in [0.25, 0.3) is 0 Å². The molecule has 0 saturated heterocycles. The number of ether oxygens (including phenoxy) is 1. The zero-order chi connectivity index (χ0) is 13.9. The van der Waals surface area contributed by atoms with Crippen LogP contribution >= 0.6 is 22.6 Å². The maximum atomic E-state index is 12.8. The van der Waals surface area contributed by atoms with Crippen LogP contribution in [-0.2, 0) is 16.0 Å². The van der Waals surface area contributed by atoms with Crippen molar-refractivity contribution in [3.8, 4) is 0 Å². The lowest BCUT2D eigenvalue weighted by molar-refractivity contribution is -0.387. The summed E-state index contributed by atoms with van der Waals surface area (Å²) in [5.41, 5.74) is -1.75. The SMILES string of the molecule is COC(=O)Cc1cnc(I)c(C(F)F)c1[N+](=O)[O-]. The fourth-order valence-corrected chi connectivity index (χ4v) is 1.93. The monoisotopic (exact) mass is 372 g/mol. The molecule has 0 radical (unpaired) electrons. The fourth-order valence-electron chi connectivity index (χ4n) is 1.30. The number of carbonyl (C=O) groups is 1. The number of esters is 1. The highest BCUT2D eigenvalue weighted by molar-refractivity contribution is 14.1. The average Bonchev–Trinajstić information content (AvgIpc) is 2.29. The first-order chi connectivity index (χ1) is 8.38. The van der Waals surface area contributed by atoms with Crippen LogP contribution in [0.15, 0.2) is 6.20 Å². The number of methoxy groups -OCH3 is 1. The summed E-state index contributed by atoms with van der Waals surface area (Å²) in [6.45, 7) is 0. The highest BCUT2D eigenvalue weighted by atomic mass is 127. The molecule has 0 bridgehead atoms. The molecule has 0 amide bonds. The minimum atomic E-state index is -3.04. The van der Waals surface area contributed by atoms with Crippen LogP contribution in [0, 0.1) is 13.8 Å². The van der Waals surface area contributed by atoms with Gasteiger partial charge in [-0.3, -0.25) is 14.9 Å². The molecule has 0 unspecified atom stereocenters. The van der Waals surface area contributed by atoms with E-state index in [4.69, 9.17) is 0 Å². The Morgan fingerprint density at radius 1 is 1.67 bits per heavy atom. The topological polar surface area (TPSA) is 82.3 Å². The lowest BCUT2D eigenvalue weighted by Gasteiger charge is -2.08. The van der Waals surface area contributed by atoms with Crippen molar-refractivity contribution in [2.24, 2.45) is 0 Å². The van der Waals surface area contributed by atoms with E-state index >= 15 is 0 Å². The average molecular weight is 372 g/mol. The minimum absolute atomic E-state index is 0.164. The Balaban J connectivity index is 3.39. The van der Waals surface area contributed by atoms with Gasteiger partial charge in [0.05, 0.1) is 24.0 Å². The quantitative estimate of drug-likeness (QED) is 0.266. The largest absolute Gasteiger partial charge is 0.469 e. The standard InChI is InChI=1S/C9H7F2IN2O4/c1-18-5(15)2-4-3-13-9(12)6(8(10)11)7(4)14(16)17/h3,8H,2H2,1H3. The molecule has 6 nitrogen and oxygen atoms in total. The molecule has 0 N–H and O–H groups in total. The summed E-state index contributed by atoms with van der Waals surface area (Å²) in [5, 5.41) is 10.9. The third-order valence-electron chi connectivity index (χ3n) is 2.08. The van der Waals surface area contributed by atoms with Gasteiger partial charge in [0.2, 0.25) is 0 Å². The molecule has 1 aromatic rings. The summed E-state index contributed by atoms with van der Waals surface area (Å²) in [6, 6.07) is 0. The molecule has 1 aromatic heterocycles. The van der Waals surface area contributed by atoms with Gasteiger partial charge in [0.25, 0.3) is 12.1 Å². The minimum Gasteiger partial charge on any atom is -0.469 e. The van der Waals surface area contributed by atoms with E-state index < -0.39 is 35.0 Å². The van der Waals surface area contributed by atoms with Crippen LogP contribution in [0.3, 0.4) is 0 Å². The second-order valence-electron chi connectivity index (χ2n) is 3.15. The van der Waals surface area contributed by atoms with Crippen LogP contribution in [0.5, 0.6) is 0 Å². The third kappa shape index (κ3) is 3.09. The molecule has 0 atom stereocenters. The van der Waals surface area contributed by atoms with Crippen molar-refractivity contribution in [2.45, 2.75) is 12.8 Å². The fraction of sp³-hybridized carbons (Fsp3) is 0.333. The summed E-state index contributed by atoms with van der Waals surface area (Å²) in [4.78, 5) is 24.6. The van der Waals surface area contributed by atoms with Gasteiger partial charge >= 0.3 is 5.97 Å². The third-order valence-corrected chi connectivity index (χ3v) is 2.94.